The molecule has 0 spiro atoms. The van der Waals surface area contributed by atoms with E-state index in [0.29, 0.717) is 30.1 Å². The van der Waals surface area contributed by atoms with Gasteiger partial charge in [-0.3, -0.25) is 19.3 Å². The van der Waals surface area contributed by atoms with E-state index in [1.807, 2.05) is 27.7 Å². The average molecular weight is 575 g/mol. The van der Waals surface area contributed by atoms with E-state index in [9.17, 15) is 19.2 Å². The maximum atomic E-state index is 13.0. The predicted molar refractivity (Wildman–Crippen MR) is 151 cm³/mol. The number of thioether (sulfide) groups is 1. The number of nitrogens with one attached hydrogen (secondary N) is 1. The summed E-state index contributed by atoms with van der Waals surface area (Å²) in [6.45, 7) is 7.88. The highest BCUT2D eigenvalue weighted by atomic mass is 35.5. The summed E-state index contributed by atoms with van der Waals surface area (Å²) in [6, 6.07) is 9.62. The zero-order valence-electron chi connectivity index (χ0n) is 22.2. The normalized spacial score (nSPS) is 14.9. The summed E-state index contributed by atoms with van der Waals surface area (Å²) in [5.74, 6) is -0.680. The van der Waals surface area contributed by atoms with Crippen LogP contribution in [0.5, 0.6) is 11.5 Å². The van der Waals surface area contributed by atoms with Crippen molar-refractivity contribution in [1.82, 2.24) is 4.90 Å². The Balaban J connectivity index is 1.70. The van der Waals surface area contributed by atoms with E-state index in [4.69, 9.17) is 25.8 Å². The minimum Gasteiger partial charge on any atom is -0.490 e. The molecule has 0 bridgehead atoms. The van der Waals surface area contributed by atoms with Gasteiger partial charge >= 0.3 is 5.97 Å². The molecule has 0 aromatic heterocycles. The molecule has 0 saturated carbocycles. The zero-order chi connectivity index (χ0) is 28.5. The minimum absolute atomic E-state index is 0.00652. The molecular weight excluding hydrogens is 544 g/mol. The van der Waals surface area contributed by atoms with Gasteiger partial charge in [-0.25, -0.2) is 4.79 Å². The largest absolute Gasteiger partial charge is 0.490 e. The number of rotatable bonds is 12. The van der Waals surface area contributed by atoms with Gasteiger partial charge < -0.3 is 19.5 Å². The van der Waals surface area contributed by atoms with E-state index in [1.165, 1.54) is 18.2 Å². The van der Waals surface area contributed by atoms with E-state index >= 15 is 0 Å². The van der Waals surface area contributed by atoms with Crippen LogP contribution in [0, 0.1) is 0 Å². The molecule has 3 amide bonds. The first-order chi connectivity index (χ1) is 18.7. The lowest BCUT2D eigenvalue weighted by Crippen LogP contribution is -2.36. The van der Waals surface area contributed by atoms with Crippen molar-refractivity contribution in [1.29, 1.82) is 0 Å². The second-order valence-electron chi connectivity index (χ2n) is 8.62. The van der Waals surface area contributed by atoms with Gasteiger partial charge in [-0.1, -0.05) is 31.5 Å². The second kappa shape index (κ2) is 14.0. The summed E-state index contributed by atoms with van der Waals surface area (Å²) >= 11 is 6.84. The Bertz CT molecular complexity index is 1280. The monoisotopic (exact) mass is 574 g/mol. The average Bonchev–Trinajstić information content (AvgIpc) is 3.16. The van der Waals surface area contributed by atoms with Crippen molar-refractivity contribution >= 4 is 58.1 Å². The number of esters is 1. The van der Waals surface area contributed by atoms with Gasteiger partial charge in [0.1, 0.15) is 6.54 Å². The molecule has 0 unspecified atom stereocenters. The fourth-order valence-electron chi connectivity index (χ4n) is 3.44. The summed E-state index contributed by atoms with van der Waals surface area (Å²) in [7, 11) is 0. The molecule has 1 atom stereocenters. The number of amides is 3. The van der Waals surface area contributed by atoms with E-state index in [2.05, 4.69) is 5.32 Å². The molecule has 9 nitrogen and oxygen atoms in total. The van der Waals surface area contributed by atoms with E-state index in [-0.39, 0.29) is 33.9 Å². The third-order valence-corrected chi connectivity index (χ3v) is 6.79. The number of carbonyl (C=O) groups is 4. The number of hydrogen-bond donors (Lipinski definition) is 1. The first kappa shape index (κ1) is 30.0. The van der Waals surface area contributed by atoms with Crippen LogP contribution in [-0.2, 0) is 14.3 Å². The lowest BCUT2D eigenvalue weighted by molar-refractivity contribution is -0.127. The van der Waals surface area contributed by atoms with Crippen molar-refractivity contribution in [3.05, 3.63) is 57.5 Å². The SMILES string of the molecule is CCCOC(=O)c1cc(NC(=O)CN2C(=O)S/C(=C/c3ccc(O[C@@H](C)CC)c(OCC)c3)C2=O)ccc1Cl. The van der Waals surface area contributed by atoms with Crippen LogP contribution in [0.3, 0.4) is 0 Å². The van der Waals surface area contributed by atoms with Crippen molar-refractivity contribution in [2.45, 2.75) is 46.6 Å². The number of imide groups is 1. The molecule has 1 aliphatic heterocycles. The summed E-state index contributed by atoms with van der Waals surface area (Å²) in [6.07, 6.45) is 3.06. The Labute approximate surface area is 236 Å². The molecule has 11 heteroatoms. The summed E-state index contributed by atoms with van der Waals surface area (Å²) in [5, 5.41) is 2.20. The first-order valence-electron chi connectivity index (χ1n) is 12.6. The topological polar surface area (TPSA) is 111 Å². The highest BCUT2D eigenvalue weighted by Crippen LogP contribution is 2.35. The van der Waals surface area contributed by atoms with Gasteiger partial charge in [-0.15, -0.1) is 0 Å². The number of anilines is 1. The number of halogens is 1. The Morgan fingerprint density at radius 3 is 2.56 bits per heavy atom. The molecule has 1 aliphatic rings. The third-order valence-electron chi connectivity index (χ3n) is 5.55. The summed E-state index contributed by atoms with van der Waals surface area (Å²) in [5.41, 5.74) is 1.02. The van der Waals surface area contributed by atoms with Crippen molar-refractivity contribution in [3.8, 4) is 11.5 Å². The van der Waals surface area contributed by atoms with Gasteiger partial charge in [0.15, 0.2) is 11.5 Å². The first-order valence-corrected chi connectivity index (χ1v) is 13.8. The maximum Gasteiger partial charge on any atom is 0.339 e. The molecule has 2 aromatic carbocycles. The molecule has 39 heavy (non-hydrogen) atoms. The Kier molecular flexibility index (Phi) is 10.8. The molecule has 1 saturated heterocycles. The quantitative estimate of drug-likeness (QED) is 0.237. The highest BCUT2D eigenvalue weighted by molar-refractivity contribution is 8.18. The highest BCUT2D eigenvalue weighted by Gasteiger charge is 2.36. The number of carbonyl (C=O) groups excluding carboxylic acids is 4. The summed E-state index contributed by atoms with van der Waals surface area (Å²) in [4.78, 5) is 51.4. The Morgan fingerprint density at radius 2 is 1.87 bits per heavy atom. The Morgan fingerprint density at radius 1 is 1.10 bits per heavy atom. The van der Waals surface area contributed by atoms with Crippen molar-refractivity contribution < 1.29 is 33.4 Å². The predicted octanol–water partition coefficient (Wildman–Crippen LogP) is 6.16. The summed E-state index contributed by atoms with van der Waals surface area (Å²) < 4.78 is 16.7. The van der Waals surface area contributed by atoms with E-state index in [1.54, 1.807) is 24.3 Å². The molecule has 208 valence electrons. The molecule has 0 aliphatic carbocycles. The van der Waals surface area contributed by atoms with Crippen LogP contribution >= 0.6 is 23.4 Å². The number of nitrogens with zero attached hydrogens (tertiary/aromatic N) is 1. The molecule has 1 heterocycles. The van der Waals surface area contributed by atoms with Crippen LogP contribution in [0.1, 0.15) is 56.5 Å². The van der Waals surface area contributed by atoms with Gasteiger partial charge in [0.2, 0.25) is 5.91 Å². The smallest absolute Gasteiger partial charge is 0.339 e. The van der Waals surface area contributed by atoms with Gasteiger partial charge in [0.25, 0.3) is 11.1 Å². The minimum atomic E-state index is -0.612. The molecule has 2 aromatic rings. The second-order valence-corrected chi connectivity index (χ2v) is 10.0. The van der Waals surface area contributed by atoms with Gasteiger partial charge in [-0.2, -0.15) is 0 Å². The van der Waals surface area contributed by atoms with Crippen LogP contribution in [-0.4, -0.2) is 53.8 Å². The van der Waals surface area contributed by atoms with Crippen molar-refractivity contribution in [2.75, 3.05) is 25.1 Å². The van der Waals surface area contributed by atoms with Crippen molar-refractivity contribution in [2.24, 2.45) is 0 Å². The maximum absolute atomic E-state index is 13.0. The Hall–Kier alpha value is -3.50. The number of benzene rings is 2. The molecule has 3 rings (SSSR count). The molecule has 1 fully saturated rings. The van der Waals surface area contributed by atoms with Crippen molar-refractivity contribution in [3.63, 3.8) is 0 Å². The standard InChI is InChI=1S/C28H31ClN2O7S/c1-5-12-37-27(34)20-15-19(9-10-21(20)29)30-25(32)16-31-26(33)24(39-28(31)35)14-18-8-11-22(38-17(4)6-2)23(13-18)36-7-3/h8-11,13-15,17H,5-7,12,16H2,1-4H3,(H,30,32)/b24-14+/t17-/m0/s1. The molecule has 1 N–H and O–H groups in total. The fraction of sp³-hybridized carbons (Fsp3) is 0.357. The van der Waals surface area contributed by atoms with Gasteiger partial charge in [0, 0.05) is 5.69 Å². The molecular formula is C28H31ClN2O7S. The van der Waals surface area contributed by atoms with Crippen LogP contribution < -0.4 is 14.8 Å². The lowest BCUT2D eigenvalue weighted by atomic mass is 10.1. The number of ether oxygens (including phenoxy) is 3. The third kappa shape index (κ3) is 8.00. The van der Waals surface area contributed by atoms with Gasteiger partial charge in [0.05, 0.1) is 34.8 Å². The van der Waals surface area contributed by atoms with Gasteiger partial charge in [-0.05, 0) is 80.4 Å². The van der Waals surface area contributed by atoms with E-state index < -0.39 is 29.6 Å². The fourth-order valence-corrected chi connectivity index (χ4v) is 4.48. The van der Waals surface area contributed by atoms with Crippen LogP contribution in [0.15, 0.2) is 41.3 Å². The van der Waals surface area contributed by atoms with E-state index in [0.717, 1.165) is 23.1 Å². The van der Waals surface area contributed by atoms with Crippen LogP contribution in [0.2, 0.25) is 5.02 Å². The molecule has 0 radical (unpaired) electrons. The van der Waals surface area contributed by atoms with Crippen LogP contribution in [0.4, 0.5) is 10.5 Å². The number of hydrogen-bond acceptors (Lipinski definition) is 8. The van der Waals surface area contributed by atoms with Crippen LogP contribution in [0.25, 0.3) is 6.08 Å². The zero-order valence-corrected chi connectivity index (χ0v) is 23.8. The lowest BCUT2D eigenvalue weighted by Gasteiger charge is -2.16.